The fourth-order valence-electron chi connectivity index (χ4n) is 5.00. The number of H-pyrrole nitrogens is 1. The van der Waals surface area contributed by atoms with Crippen molar-refractivity contribution in [2.75, 3.05) is 36.0 Å². The number of morpholine rings is 2. The predicted octanol–water partition coefficient (Wildman–Crippen LogP) is 1.07. The molecule has 6 aliphatic heterocycles. The van der Waals surface area contributed by atoms with Gasteiger partial charge < -0.3 is 19.3 Å². The first-order chi connectivity index (χ1) is 13.8. The van der Waals surface area contributed by atoms with E-state index in [0.717, 1.165) is 54.7 Å². The summed E-state index contributed by atoms with van der Waals surface area (Å²) in [6.45, 7) is 3.62. The van der Waals surface area contributed by atoms with Gasteiger partial charge in [-0.05, 0) is 6.07 Å². The Bertz CT molecular complexity index is 1020. The minimum Gasteiger partial charge on any atom is -0.371 e. The largest absolute Gasteiger partial charge is 0.371 e. The van der Waals surface area contributed by atoms with Gasteiger partial charge >= 0.3 is 0 Å². The second-order valence-electron chi connectivity index (χ2n) is 8.28. The molecule has 9 heterocycles. The van der Waals surface area contributed by atoms with Crippen molar-refractivity contribution in [1.82, 2.24) is 24.8 Å². The summed E-state index contributed by atoms with van der Waals surface area (Å²) in [7, 11) is 0. The average molecular weight is 379 g/mol. The van der Waals surface area contributed by atoms with Crippen LogP contribution in [0.3, 0.4) is 0 Å². The Morgan fingerprint density at radius 3 is 2.29 bits per heavy atom. The number of aromatic nitrogens is 5. The average Bonchev–Trinajstić information content (AvgIpc) is 3.35. The molecule has 28 heavy (non-hydrogen) atoms. The zero-order valence-electron chi connectivity index (χ0n) is 15.4. The van der Waals surface area contributed by atoms with Gasteiger partial charge in [0.05, 0.1) is 41.9 Å². The maximum absolute atomic E-state index is 5.84. The summed E-state index contributed by atoms with van der Waals surface area (Å²) in [5, 5.41) is 11.8. The lowest BCUT2D eigenvalue weighted by Gasteiger charge is -2.48. The van der Waals surface area contributed by atoms with Crippen LogP contribution in [-0.4, -0.2) is 75.4 Å². The van der Waals surface area contributed by atoms with Crippen LogP contribution < -0.4 is 9.80 Å². The standard InChI is InChI=1S/C19H21N7O2/c1-2-20-23-16(1)15-6-21-26-18(25-9-13-4-14(10-25)28-13)5-17(22-19(15)26)24-7-11-3-12(8-24)27-11/h1-2,5-6,11-14H,3-4,7-10H2,(H,20,23). The molecule has 4 unspecified atom stereocenters. The molecule has 0 radical (unpaired) electrons. The number of nitrogens with zero attached hydrogens (tertiary/aromatic N) is 6. The SMILES string of the molecule is c1cc(-c2cnn3c(N4CC5CC(C4)O5)cc(N4CC5CC(C4)O5)nc23)[nH]n1. The number of nitrogens with one attached hydrogen (secondary N) is 1. The Morgan fingerprint density at radius 1 is 0.964 bits per heavy atom. The van der Waals surface area contributed by atoms with E-state index in [-0.39, 0.29) is 0 Å². The van der Waals surface area contributed by atoms with Gasteiger partial charge in [0.1, 0.15) is 11.6 Å². The van der Waals surface area contributed by atoms with Crippen molar-refractivity contribution in [3.63, 3.8) is 0 Å². The summed E-state index contributed by atoms with van der Waals surface area (Å²) in [5.74, 6) is 2.09. The lowest BCUT2D eigenvalue weighted by atomic mass is 9.98. The van der Waals surface area contributed by atoms with E-state index >= 15 is 0 Å². The third kappa shape index (κ3) is 2.17. The maximum atomic E-state index is 5.84. The highest BCUT2D eigenvalue weighted by Gasteiger charge is 2.41. The van der Waals surface area contributed by atoms with Gasteiger partial charge in [0.2, 0.25) is 0 Å². The minimum atomic E-state index is 0.337. The van der Waals surface area contributed by atoms with Crippen LogP contribution in [0.15, 0.2) is 24.5 Å². The predicted molar refractivity (Wildman–Crippen MR) is 102 cm³/mol. The Hall–Kier alpha value is -2.65. The molecule has 1 N–H and O–H groups in total. The van der Waals surface area contributed by atoms with Crippen molar-refractivity contribution in [3.05, 3.63) is 24.5 Å². The van der Waals surface area contributed by atoms with Gasteiger partial charge in [-0.25, -0.2) is 4.98 Å². The summed E-state index contributed by atoms with van der Waals surface area (Å²) < 4.78 is 13.6. The number of aromatic amines is 1. The fourth-order valence-corrected chi connectivity index (χ4v) is 5.00. The van der Waals surface area contributed by atoms with E-state index in [9.17, 15) is 0 Å². The molecule has 3 aromatic heterocycles. The zero-order valence-corrected chi connectivity index (χ0v) is 15.4. The number of piperidine rings is 2. The third-order valence-electron chi connectivity index (χ3n) is 6.40. The van der Waals surface area contributed by atoms with Gasteiger partial charge in [-0.2, -0.15) is 14.7 Å². The molecule has 144 valence electrons. The van der Waals surface area contributed by atoms with Crippen molar-refractivity contribution < 1.29 is 9.47 Å². The highest BCUT2D eigenvalue weighted by atomic mass is 16.5. The van der Waals surface area contributed by atoms with E-state index in [1.165, 1.54) is 12.8 Å². The van der Waals surface area contributed by atoms with Crippen LogP contribution in [0.2, 0.25) is 0 Å². The lowest BCUT2D eigenvalue weighted by Crippen LogP contribution is -2.58. The molecule has 0 amide bonds. The number of hydrogen-bond acceptors (Lipinski definition) is 7. The van der Waals surface area contributed by atoms with Crippen molar-refractivity contribution in [1.29, 1.82) is 0 Å². The van der Waals surface area contributed by atoms with Crippen molar-refractivity contribution in [3.8, 4) is 11.3 Å². The number of fused-ring (bicyclic) bond motifs is 5. The zero-order chi connectivity index (χ0) is 18.2. The van der Waals surface area contributed by atoms with Crippen LogP contribution >= 0.6 is 0 Å². The maximum Gasteiger partial charge on any atom is 0.169 e. The topological polar surface area (TPSA) is 83.8 Å². The van der Waals surface area contributed by atoms with E-state index in [0.29, 0.717) is 24.4 Å². The van der Waals surface area contributed by atoms with E-state index < -0.39 is 0 Å². The molecular formula is C19H21N7O2. The van der Waals surface area contributed by atoms with Crippen LogP contribution in [0.25, 0.3) is 16.9 Å². The van der Waals surface area contributed by atoms with Gasteiger partial charge in [-0.1, -0.05) is 0 Å². The quantitative estimate of drug-likeness (QED) is 0.729. The van der Waals surface area contributed by atoms with E-state index in [1.54, 1.807) is 6.20 Å². The second kappa shape index (κ2) is 5.45. The van der Waals surface area contributed by atoms with E-state index in [4.69, 9.17) is 14.5 Å². The molecule has 9 nitrogen and oxygen atoms in total. The molecular weight excluding hydrogens is 358 g/mol. The second-order valence-corrected chi connectivity index (χ2v) is 8.28. The molecule has 3 aromatic rings. The Morgan fingerprint density at radius 2 is 1.64 bits per heavy atom. The summed E-state index contributed by atoms with van der Waals surface area (Å²) in [4.78, 5) is 9.77. The van der Waals surface area contributed by atoms with Crippen LogP contribution in [0.1, 0.15) is 12.8 Å². The molecule has 6 fully saturated rings. The molecule has 0 aliphatic carbocycles. The third-order valence-corrected chi connectivity index (χ3v) is 6.40. The number of ether oxygens (including phenoxy) is 2. The van der Waals surface area contributed by atoms with E-state index in [2.05, 4.69) is 31.2 Å². The van der Waals surface area contributed by atoms with Crippen LogP contribution in [-0.2, 0) is 9.47 Å². The molecule has 0 spiro atoms. The molecule has 9 heteroatoms. The first-order valence-electron chi connectivity index (χ1n) is 9.99. The molecule has 9 rings (SSSR count). The monoisotopic (exact) mass is 379 g/mol. The Labute approximate surface area is 161 Å². The van der Waals surface area contributed by atoms with Gasteiger partial charge in [-0.15, -0.1) is 0 Å². The van der Waals surface area contributed by atoms with Gasteiger partial charge in [0, 0.05) is 51.3 Å². The molecule has 6 saturated heterocycles. The van der Waals surface area contributed by atoms with Crippen molar-refractivity contribution in [2.45, 2.75) is 37.3 Å². The summed E-state index contributed by atoms with van der Waals surface area (Å²) >= 11 is 0. The van der Waals surface area contributed by atoms with Gasteiger partial charge in [-0.3, -0.25) is 5.10 Å². The Balaban J connectivity index is 1.37. The van der Waals surface area contributed by atoms with Crippen molar-refractivity contribution >= 4 is 17.3 Å². The summed E-state index contributed by atoms with van der Waals surface area (Å²) in [5.41, 5.74) is 2.76. The van der Waals surface area contributed by atoms with Crippen LogP contribution in [0.5, 0.6) is 0 Å². The van der Waals surface area contributed by atoms with E-state index in [1.807, 2.05) is 16.8 Å². The van der Waals surface area contributed by atoms with Gasteiger partial charge in [0.25, 0.3) is 0 Å². The Kier molecular flexibility index (Phi) is 2.98. The molecule has 0 aromatic carbocycles. The summed E-state index contributed by atoms with van der Waals surface area (Å²) in [6, 6.07) is 4.14. The molecule has 6 aliphatic rings. The molecule has 4 bridgehead atoms. The normalized spacial score (nSPS) is 31.0. The highest BCUT2D eigenvalue weighted by molar-refractivity contribution is 5.77. The van der Waals surface area contributed by atoms with Crippen LogP contribution in [0, 0.1) is 0 Å². The summed E-state index contributed by atoms with van der Waals surface area (Å²) in [6.07, 6.45) is 7.33. The fraction of sp³-hybridized carbons (Fsp3) is 0.526. The number of rotatable bonds is 3. The minimum absolute atomic E-state index is 0.337. The smallest absolute Gasteiger partial charge is 0.169 e. The number of anilines is 2. The van der Waals surface area contributed by atoms with Crippen molar-refractivity contribution in [2.24, 2.45) is 0 Å². The first kappa shape index (κ1) is 15.3. The molecule has 0 saturated carbocycles. The van der Waals surface area contributed by atoms with Gasteiger partial charge in [0.15, 0.2) is 5.65 Å². The lowest BCUT2D eigenvalue weighted by molar-refractivity contribution is -0.133. The highest BCUT2D eigenvalue weighted by Crippen LogP contribution is 2.36. The first-order valence-corrected chi connectivity index (χ1v) is 9.99. The molecule has 4 atom stereocenters. The van der Waals surface area contributed by atoms with Crippen LogP contribution in [0.4, 0.5) is 11.6 Å². The number of hydrogen-bond donors (Lipinski definition) is 1.